The predicted molar refractivity (Wildman–Crippen MR) is 256 cm³/mol. The summed E-state index contributed by atoms with van der Waals surface area (Å²) in [5.74, 6) is 0. The molecule has 0 amide bonds. The third-order valence-electron chi connectivity index (χ3n) is 12.3. The lowest BCUT2D eigenvalue weighted by atomic mass is 9.91. The van der Waals surface area contributed by atoms with E-state index in [9.17, 15) is 0 Å². The molecule has 0 saturated carbocycles. The summed E-state index contributed by atoms with van der Waals surface area (Å²) >= 11 is 0. The van der Waals surface area contributed by atoms with Crippen molar-refractivity contribution in [3.63, 3.8) is 0 Å². The zero-order valence-corrected chi connectivity index (χ0v) is 33.4. The van der Waals surface area contributed by atoms with Crippen molar-refractivity contribution in [2.75, 3.05) is 4.90 Å². The summed E-state index contributed by atoms with van der Waals surface area (Å²) in [5.41, 5.74) is 15.8. The fourth-order valence-electron chi connectivity index (χ4n) is 9.40. The zero-order valence-electron chi connectivity index (χ0n) is 33.4. The van der Waals surface area contributed by atoms with Crippen LogP contribution in [0.15, 0.2) is 221 Å². The van der Waals surface area contributed by atoms with Gasteiger partial charge in [0.2, 0.25) is 0 Å². The van der Waals surface area contributed by atoms with E-state index in [1.165, 1.54) is 22.1 Å². The molecular formula is C58H39NO2. The Bertz CT molecular complexity index is 3500. The quantitative estimate of drug-likeness (QED) is 0.161. The maximum atomic E-state index is 7.30. The van der Waals surface area contributed by atoms with Crippen LogP contribution >= 0.6 is 0 Å². The zero-order chi connectivity index (χ0) is 40.3. The minimum Gasteiger partial charge on any atom is -0.455 e. The van der Waals surface area contributed by atoms with Gasteiger partial charge in [-0.15, -0.1) is 0 Å². The van der Waals surface area contributed by atoms with Gasteiger partial charge >= 0.3 is 0 Å². The molecule has 0 spiro atoms. The van der Waals surface area contributed by atoms with E-state index >= 15 is 0 Å². The number of fused-ring (bicyclic) bond motifs is 8. The van der Waals surface area contributed by atoms with Crippen LogP contribution in [0, 0.1) is 0 Å². The second kappa shape index (κ2) is 14.4. The summed E-state index contributed by atoms with van der Waals surface area (Å²) in [6.45, 7) is 0. The highest BCUT2D eigenvalue weighted by atomic mass is 16.3. The van der Waals surface area contributed by atoms with E-state index in [0.29, 0.717) is 0 Å². The predicted octanol–water partition coefficient (Wildman–Crippen LogP) is 16.8. The highest BCUT2D eigenvalue weighted by Gasteiger charge is 2.25. The van der Waals surface area contributed by atoms with Crippen LogP contribution in [0.3, 0.4) is 0 Å². The van der Waals surface area contributed by atoms with Crippen LogP contribution in [0.1, 0.15) is 18.4 Å². The highest BCUT2D eigenvalue weighted by Crippen LogP contribution is 2.49. The lowest BCUT2D eigenvalue weighted by Crippen LogP contribution is -2.10. The summed E-state index contributed by atoms with van der Waals surface area (Å²) in [5, 5.41) is 6.76. The standard InChI is InChI=1S/C58H39NO2/c1-4-15-38(16-5-1)39-27-31-43(32-28-39)59(44-33-29-42(30-34-44)46-24-14-25-50-48-22-12-13-26-54(48)60-56(46)50)53-36-35-45(40-17-6-2-7-18-40)55-52-37-51(41-19-8-3-9-20-41)47-21-10-11-23-49(47)57(52)61-58(53)55/h1-2,4-8,10-37H,3,9H2. The lowest BCUT2D eigenvalue weighted by molar-refractivity contribution is 0.670. The van der Waals surface area contributed by atoms with Gasteiger partial charge in [-0.1, -0.05) is 170 Å². The van der Waals surface area contributed by atoms with E-state index < -0.39 is 0 Å². The molecule has 0 bridgehead atoms. The van der Waals surface area contributed by atoms with Gasteiger partial charge < -0.3 is 13.7 Å². The third-order valence-corrected chi connectivity index (χ3v) is 12.3. The van der Waals surface area contributed by atoms with Crippen molar-refractivity contribution in [1.82, 2.24) is 0 Å². The molecule has 0 aliphatic heterocycles. The van der Waals surface area contributed by atoms with Crippen molar-refractivity contribution >= 4 is 77.3 Å². The SMILES string of the molecule is C1=CC(c2cc3c(oc4c(N(c5ccc(-c6ccccc6)cc5)c5ccc(-c6cccc7c6oc6ccccc67)cc5)ccc(-c5ccccc5)c43)c3ccccc23)=CCC1. The van der Waals surface area contributed by atoms with Crippen LogP contribution in [0.4, 0.5) is 17.1 Å². The smallest absolute Gasteiger partial charge is 0.160 e. The molecule has 9 aromatic carbocycles. The first-order valence-corrected chi connectivity index (χ1v) is 21.1. The molecule has 0 N–H and O–H groups in total. The number of nitrogens with zero attached hydrogens (tertiary/aromatic N) is 1. The Labute approximate surface area is 353 Å². The van der Waals surface area contributed by atoms with Crippen molar-refractivity contribution in [2.24, 2.45) is 0 Å². The number of allylic oxidation sites excluding steroid dienone is 4. The van der Waals surface area contributed by atoms with E-state index in [2.05, 4.69) is 205 Å². The van der Waals surface area contributed by atoms with Gasteiger partial charge in [-0.2, -0.15) is 0 Å². The van der Waals surface area contributed by atoms with Crippen LogP contribution in [-0.2, 0) is 0 Å². The second-order valence-corrected chi connectivity index (χ2v) is 15.9. The first-order valence-electron chi connectivity index (χ1n) is 21.1. The van der Waals surface area contributed by atoms with Crippen molar-refractivity contribution in [3.05, 3.63) is 218 Å². The molecule has 61 heavy (non-hydrogen) atoms. The second-order valence-electron chi connectivity index (χ2n) is 15.9. The summed E-state index contributed by atoms with van der Waals surface area (Å²) in [7, 11) is 0. The van der Waals surface area contributed by atoms with Gasteiger partial charge in [0.25, 0.3) is 0 Å². The molecule has 1 aliphatic rings. The first kappa shape index (κ1) is 35.1. The minimum atomic E-state index is 0.843. The van der Waals surface area contributed by atoms with Crippen LogP contribution in [0.5, 0.6) is 0 Å². The van der Waals surface area contributed by atoms with Gasteiger partial charge in [-0.25, -0.2) is 0 Å². The number of para-hydroxylation sites is 2. The summed E-state index contributed by atoms with van der Waals surface area (Å²) in [4.78, 5) is 2.34. The largest absolute Gasteiger partial charge is 0.455 e. The van der Waals surface area contributed by atoms with Crippen molar-refractivity contribution < 1.29 is 8.83 Å². The van der Waals surface area contributed by atoms with Crippen LogP contribution < -0.4 is 4.90 Å². The molecule has 3 nitrogen and oxygen atoms in total. The number of rotatable bonds is 7. The molecule has 1 aliphatic carbocycles. The minimum absolute atomic E-state index is 0.843. The molecule has 288 valence electrons. The molecule has 0 saturated heterocycles. The molecule has 0 atom stereocenters. The maximum Gasteiger partial charge on any atom is 0.160 e. The van der Waals surface area contributed by atoms with Gasteiger partial charge in [0.1, 0.15) is 16.7 Å². The Morgan fingerprint density at radius 3 is 1.72 bits per heavy atom. The van der Waals surface area contributed by atoms with Gasteiger partial charge in [-0.05, 0) is 99.6 Å². The van der Waals surface area contributed by atoms with Gasteiger partial charge in [-0.3, -0.25) is 0 Å². The number of furan rings is 2. The van der Waals surface area contributed by atoms with Crippen molar-refractivity contribution in [1.29, 1.82) is 0 Å². The van der Waals surface area contributed by atoms with Crippen LogP contribution in [-0.4, -0.2) is 0 Å². The van der Waals surface area contributed by atoms with E-state index in [0.717, 1.165) is 107 Å². The molecule has 3 heteroatoms. The topological polar surface area (TPSA) is 29.5 Å². The molecule has 0 fully saturated rings. The summed E-state index contributed by atoms with van der Waals surface area (Å²) in [6.07, 6.45) is 9.05. The Kier molecular flexibility index (Phi) is 8.31. The molecule has 0 radical (unpaired) electrons. The van der Waals surface area contributed by atoms with Crippen molar-refractivity contribution in [3.8, 4) is 33.4 Å². The Balaban J connectivity index is 1.10. The van der Waals surface area contributed by atoms with E-state index in [1.54, 1.807) is 0 Å². The van der Waals surface area contributed by atoms with E-state index in [-0.39, 0.29) is 0 Å². The number of hydrogen-bond acceptors (Lipinski definition) is 3. The fraction of sp³-hybridized carbons (Fsp3) is 0.0345. The first-order chi connectivity index (χ1) is 30.3. The van der Waals surface area contributed by atoms with Crippen LogP contribution in [0.2, 0.25) is 0 Å². The van der Waals surface area contributed by atoms with Crippen molar-refractivity contribution in [2.45, 2.75) is 12.8 Å². The number of benzene rings is 9. The van der Waals surface area contributed by atoms with Gasteiger partial charge in [0.15, 0.2) is 5.58 Å². The monoisotopic (exact) mass is 781 g/mol. The molecule has 2 aromatic heterocycles. The van der Waals surface area contributed by atoms with E-state index in [4.69, 9.17) is 8.83 Å². The third kappa shape index (κ3) is 5.89. The normalized spacial score (nSPS) is 12.8. The Morgan fingerprint density at radius 2 is 0.984 bits per heavy atom. The number of hydrogen-bond donors (Lipinski definition) is 0. The molecule has 12 rings (SSSR count). The van der Waals surface area contributed by atoms with E-state index in [1.807, 2.05) is 12.1 Å². The molecule has 11 aromatic rings. The van der Waals surface area contributed by atoms with Crippen LogP contribution in [0.25, 0.3) is 93.6 Å². The average Bonchev–Trinajstić information content (AvgIpc) is 3.92. The fourth-order valence-corrected chi connectivity index (χ4v) is 9.40. The number of anilines is 3. The molecule has 0 unspecified atom stereocenters. The van der Waals surface area contributed by atoms with Gasteiger partial charge in [0.05, 0.1) is 5.69 Å². The van der Waals surface area contributed by atoms with Gasteiger partial charge in [0, 0.05) is 43.9 Å². The maximum absolute atomic E-state index is 7.30. The average molecular weight is 782 g/mol. The molecular weight excluding hydrogens is 743 g/mol. The molecule has 2 heterocycles. The highest BCUT2D eigenvalue weighted by molar-refractivity contribution is 6.23. The lowest BCUT2D eigenvalue weighted by Gasteiger charge is -2.26. The Morgan fingerprint density at radius 1 is 0.377 bits per heavy atom. The summed E-state index contributed by atoms with van der Waals surface area (Å²) < 4.78 is 13.8. The summed E-state index contributed by atoms with van der Waals surface area (Å²) in [6, 6.07) is 69.2. The Hall–Kier alpha value is -7.88.